The lowest BCUT2D eigenvalue weighted by Crippen LogP contribution is -2.30. The van der Waals surface area contributed by atoms with Gasteiger partial charge in [-0.15, -0.1) is 10.2 Å². The van der Waals surface area contributed by atoms with Crippen LogP contribution < -0.4 is 0 Å². The van der Waals surface area contributed by atoms with E-state index in [4.69, 9.17) is 9.47 Å². The fraction of sp³-hybridized carbons (Fsp3) is 0.526. The van der Waals surface area contributed by atoms with Gasteiger partial charge in [-0.2, -0.15) is 4.31 Å². The SMILES string of the molecule is CCN(CC)S(=O)(=O)c1cccc(-c2nnc(SCC(=O)OC)n2[C@@H](C)COC)c1. The molecule has 0 amide bonds. The van der Waals surface area contributed by atoms with Crippen molar-refractivity contribution in [1.82, 2.24) is 19.1 Å². The van der Waals surface area contributed by atoms with E-state index in [0.29, 0.717) is 36.2 Å². The van der Waals surface area contributed by atoms with Crippen molar-refractivity contribution in [3.63, 3.8) is 0 Å². The molecule has 0 aliphatic carbocycles. The third-order valence-electron chi connectivity index (χ3n) is 4.50. The monoisotopic (exact) mass is 456 g/mol. The molecule has 1 atom stereocenters. The third kappa shape index (κ3) is 5.39. The molecule has 9 nitrogen and oxygen atoms in total. The van der Waals surface area contributed by atoms with Crippen LogP contribution in [0.25, 0.3) is 11.4 Å². The zero-order chi connectivity index (χ0) is 22.3. The van der Waals surface area contributed by atoms with Crippen LogP contribution in [-0.4, -0.2) is 73.1 Å². The van der Waals surface area contributed by atoms with Gasteiger partial charge in [0, 0.05) is 25.8 Å². The van der Waals surface area contributed by atoms with Crippen LogP contribution in [0, 0.1) is 0 Å². The maximum Gasteiger partial charge on any atom is 0.316 e. The molecule has 1 aromatic heterocycles. The number of esters is 1. The second kappa shape index (κ2) is 10.9. The number of hydrogen-bond acceptors (Lipinski definition) is 8. The van der Waals surface area contributed by atoms with Gasteiger partial charge < -0.3 is 9.47 Å². The minimum atomic E-state index is -3.61. The van der Waals surface area contributed by atoms with Gasteiger partial charge in [-0.1, -0.05) is 37.7 Å². The Morgan fingerprint density at radius 2 is 1.93 bits per heavy atom. The number of rotatable bonds is 11. The summed E-state index contributed by atoms with van der Waals surface area (Å²) in [6.07, 6.45) is 0. The Balaban J connectivity index is 2.50. The Hall–Kier alpha value is -1.95. The lowest BCUT2D eigenvalue weighted by molar-refractivity contribution is -0.137. The largest absolute Gasteiger partial charge is 0.468 e. The van der Waals surface area contributed by atoms with Crippen LogP contribution in [0.2, 0.25) is 0 Å². The highest BCUT2D eigenvalue weighted by Gasteiger charge is 2.24. The summed E-state index contributed by atoms with van der Waals surface area (Å²) >= 11 is 1.20. The molecule has 1 aromatic carbocycles. The number of benzene rings is 1. The van der Waals surface area contributed by atoms with Gasteiger partial charge in [0.05, 0.1) is 30.4 Å². The first kappa shape index (κ1) is 24.3. The van der Waals surface area contributed by atoms with Gasteiger partial charge in [0.15, 0.2) is 11.0 Å². The lowest BCUT2D eigenvalue weighted by Gasteiger charge is -2.19. The molecule has 0 saturated carbocycles. The number of hydrogen-bond donors (Lipinski definition) is 0. The van der Waals surface area contributed by atoms with Crippen LogP contribution in [0.1, 0.15) is 26.8 Å². The zero-order valence-electron chi connectivity index (χ0n) is 17.9. The minimum absolute atomic E-state index is 0.0880. The Labute approximate surface area is 181 Å². The number of carbonyl (C=O) groups is 1. The molecule has 11 heteroatoms. The van der Waals surface area contributed by atoms with Gasteiger partial charge in [0.25, 0.3) is 0 Å². The summed E-state index contributed by atoms with van der Waals surface area (Å²) in [5.41, 5.74) is 0.614. The molecule has 1 heterocycles. The van der Waals surface area contributed by atoms with Crippen LogP contribution in [0.5, 0.6) is 0 Å². The first-order valence-corrected chi connectivity index (χ1v) is 12.0. The van der Waals surface area contributed by atoms with Gasteiger partial charge in [0.1, 0.15) is 0 Å². The molecule has 30 heavy (non-hydrogen) atoms. The van der Waals surface area contributed by atoms with Crippen LogP contribution in [0.4, 0.5) is 0 Å². The summed E-state index contributed by atoms with van der Waals surface area (Å²) in [7, 11) is -0.684. The smallest absolute Gasteiger partial charge is 0.316 e. The molecule has 0 saturated heterocycles. The predicted octanol–water partition coefficient (Wildman–Crippen LogP) is 2.45. The molecule has 0 radical (unpaired) electrons. The first-order valence-electron chi connectivity index (χ1n) is 9.54. The topological polar surface area (TPSA) is 104 Å². The molecule has 2 aromatic rings. The second-order valence-corrected chi connectivity index (χ2v) is 9.34. The highest BCUT2D eigenvalue weighted by molar-refractivity contribution is 7.99. The number of carbonyl (C=O) groups excluding carboxylic acids is 1. The summed E-state index contributed by atoms with van der Waals surface area (Å²) in [5.74, 6) is 0.219. The zero-order valence-corrected chi connectivity index (χ0v) is 19.5. The Morgan fingerprint density at radius 1 is 1.23 bits per heavy atom. The van der Waals surface area contributed by atoms with Gasteiger partial charge in [-0.3, -0.25) is 9.36 Å². The fourth-order valence-corrected chi connectivity index (χ4v) is 5.35. The van der Waals surface area contributed by atoms with Crippen LogP contribution in [0.15, 0.2) is 34.3 Å². The molecule has 0 bridgehead atoms. The summed E-state index contributed by atoms with van der Waals surface area (Å²) in [6, 6.07) is 6.51. The fourth-order valence-electron chi connectivity index (χ4n) is 2.98. The average Bonchev–Trinajstić information content (AvgIpc) is 3.17. The number of nitrogens with zero attached hydrogens (tertiary/aromatic N) is 4. The molecule has 0 unspecified atom stereocenters. The van der Waals surface area contributed by atoms with Crippen molar-refractivity contribution < 1.29 is 22.7 Å². The second-order valence-electron chi connectivity index (χ2n) is 6.46. The van der Waals surface area contributed by atoms with E-state index in [2.05, 4.69) is 10.2 Å². The quantitative estimate of drug-likeness (QED) is 0.375. The summed E-state index contributed by atoms with van der Waals surface area (Å²) in [6.45, 7) is 6.72. The van der Waals surface area contributed by atoms with Crippen molar-refractivity contribution in [3.8, 4) is 11.4 Å². The van der Waals surface area contributed by atoms with Crippen molar-refractivity contribution >= 4 is 27.8 Å². The molecular formula is C19H28N4O5S2. The van der Waals surface area contributed by atoms with Gasteiger partial charge >= 0.3 is 5.97 Å². The Kier molecular flexibility index (Phi) is 8.83. The number of ether oxygens (including phenoxy) is 2. The molecule has 166 valence electrons. The first-order chi connectivity index (χ1) is 14.3. The Bertz CT molecular complexity index is 958. The predicted molar refractivity (Wildman–Crippen MR) is 115 cm³/mol. The van der Waals surface area contributed by atoms with Crippen molar-refractivity contribution in [2.24, 2.45) is 0 Å². The number of sulfonamides is 1. The number of methoxy groups -OCH3 is 2. The van der Waals surface area contributed by atoms with Gasteiger partial charge in [-0.05, 0) is 19.1 Å². The lowest BCUT2D eigenvalue weighted by atomic mass is 10.2. The molecule has 0 fully saturated rings. The highest BCUT2D eigenvalue weighted by Crippen LogP contribution is 2.30. The standard InChI is InChI=1S/C19H28N4O5S2/c1-6-22(7-2)30(25,26)16-10-8-9-15(11-16)18-20-21-19(29-13-17(24)28-5)23(18)14(3)12-27-4/h8-11,14H,6-7,12-13H2,1-5H3/t14-/m0/s1. The third-order valence-corrected chi connectivity index (χ3v) is 7.46. The van der Waals surface area contributed by atoms with Gasteiger partial charge in [-0.25, -0.2) is 8.42 Å². The van der Waals surface area contributed by atoms with Crippen LogP contribution in [0.3, 0.4) is 0 Å². The van der Waals surface area contributed by atoms with E-state index in [-0.39, 0.29) is 22.7 Å². The molecular weight excluding hydrogens is 428 g/mol. The Morgan fingerprint density at radius 3 is 2.53 bits per heavy atom. The van der Waals surface area contributed by atoms with E-state index in [9.17, 15) is 13.2 Å². The molecule has 0 aliphatic heterocycles. The van der Waals surface area contributed by atoms with Crippen LogP contribution in [-0.2, 0) is 24.3 Å². The van der Waals surface area contributed by atoms with Crippen molar-refractivity contribution in [1.29, 1.82) is 0 Å². The number of aromatic nitrogens is 3. The van der Waals surface area contributed by atoms with E-state index in [1.54, 1.807) is 45.2 Å². The maximum atomic E-state index is 12.9. The van der Waals surface area contributed by atoms with Gasteiger partial charge in [0.2, 0.25) is 10.0 Å². The number of thioether (sulfide) groups is 1. The van der Waals surface area contributed by atoms with E-state index >= 15 is 0 Å². The maximum absolute atomic E-state index is 12.9. The molecule has 0 N–H and O–H groups in total. The van der Waals surface area contributed by atoms with E-state index in [0.717, 1.165) is 0 Å². The highest BCUT2D eigenvalue weighted by atomic mass is 32.2. The summed E-state index contributed by atoms with van der Waals surface area (Å²) in [5, 5.41) is 9.02. The minimum Gasteiger partial charge on any atom is -0.468 e. The van der Waals surface area contributed by atoms with E-state index in [1.807, 2.05) is 11.5 Å². The molecule has 2 rings (SSSR count). The normalized spacial score (nSPS) is 12.9. The average molecular weight is 457 g/mol. The van der Waals surface area contributed by atoms with Crippen LogP contribution >= 0.6 is 11.8 Å². The summed E-state index contributed by atoms with van der Waals surface area (Å²) in [4.78, 5) is 11.7. The van der Waals surface area contributed by atoms with Crippen molar-refractivity contribution in [2.45, 2.75) is 36.9 Å². The van der Waals surface area contributed by atoms with Crippen molar-refractivity contribution in [3.05, 3.63) is 24.3 Å². The van der Waals surface area contributed by atoms with E-state index in [1.165, 1.54) is 23.2 Å². The molecule has 0 aliphatic rings. The molecule has 0 spiro atoms. The summed E-state index contributed by atoms with van der Waals surface area (Å²) < 4.78 is 39.1. The van der Waals surface area contributed by atoms with Crippen molar-refractivity contribution in [2.75, 3.05) is 39.7 Å². The van der Waals surface area contributed by atoms with E-state index < -0.39 is 10.0 Å².